The molecule has 1 amide bonds. The van der Waals surface area contributed by atoms with E-state index >= 15 is 0 Å². The minimum absolute atomic E-state index is 0.0309. The number of carbonyl (C=O) groups is 2. The fraction of sp³-hybridized carbons (Fsp3) is 0.364. The molecule has 1 aliphatic carbocycles. The van der Waals surface area contributed by atoms with Gasteiger partial charge in [-0.3, -0.25) is 4.79 Å². The molecule has 0 aromatic heterocycles. The first-order valence-electron chi connectivity index (χ1n) is 9.75. The van der Waals surface area contributed by atoms with Crippen molar-refractivity contribution in [2.45, 2.75) is 30.2 Å². The lowest BCUT2D eigenvalue weighted by Crippen LogP contribution is -2.36. The maximum absolute atomic E-state index is 12.6. The summed E-state index contributed by atoms with van der Waals surface area (Å²) < 4.78 is 30.5. The number of rotatable bonds is 6. The highest BCUT2D eigenvalue weighted by molar-refractivity contribution is 7.89. The fourth-order valence-corrected chi connectivity index (χ4v) is 4.49. The summed E-state index contributed by atoms with van der Waals surface area (Å²) in [5, 5.41) is 0. The van der Waals surface area contributed by atoms with Crippen molar-refractivity contribution in [2.75, 3.05) is 27.7 Å². The van der Waals surface area contributed by atoms with Crippen LogP contribution >= 0.6 is 0 Å². The predicted molar refractivity (Wildman–Crippen MR) is 112 cm³/mol. The highest BCUT2D eigenvalue weighted by Crippen LogP contribution is 2.33. The lowest BCUT2D eigenvalue weighted by atomic mass is 9.87. The van der Waals surface area contributed by atoms with E-state index < -0.39 is 16.0 Å². The Kier molecular flexibility index (Phi) is 6.58. The predicted octanol–water partition coefficient (Wildman–Crippen LogP) is 2.63. The third-order valence-electron chi connectivity index (χ3n) is 5.39. The Morgan fingerprint density at radius 3 is 2.37 bits per heavy atom. The van der Waals surface area contributed by atoms with E-state index in [1.54, 1.807) is 11.9 Å². The SMILES string of the molecule is CN(C(=O)COC(=O)c1ccc(S(=O)(=O)N(C)C)cc1)C1CCCc2ccccc21. The first-order valence-corrected chi connectivity index (χ1v) is 11.2. The first kappa shape index (κ1) is 22.0. The van der Waals surface area contributed by atoms with Gasteiger partial charge in [0.25, 0.3) is 5.91 Å². The summed E-state index contributed by atoms with van der Waals surface area (Å²) >= 11 is 0. The number of hydrogen-bond acceptors (Lipinski definition) is 5. The van der Waals surface area contributed by atoms with Gasteiger partial charge in [0.1, 0.15) is 0 Å². The zero-order valence-electron chi connectivity index (χ0n) is 17.4. The van der Waals surface area contributed by atoms with E-state index in [1.165, 1.54) is 43.9 Å². The topological polar surface area (TPSA) is 84.0 Å². The molecule has 1 aliphatic rings. The highest BCUT2D eigenvalue weighted by Gasteiger charge is 2.27. The van der Waals surface area contributed by atoms with Gasteiger partial charge in [-0.25, -0.2) is 17.5 Å². The summed E-state index contributed by atoms with van der Waals surface area (Å²) in [6.45, 7) is -0.369. The van der Waals surface area contributed by atoms with Crippen molar-refractivity contribution in [3.05, 3.63) is 65.2 Å². The molecule has 1 unspecified atom stereocenters. The van der Waals surface area contributed by atoms with Gasteiger partial charge in [0, 0.05) is 21.1 Å². The number of fused-ring (bicyclic) bond motifs is 1. The van der Waals surface area contributed by atoms with E-state index in [9.17, 15) is 18.0 Å². The number of sulfonamides is 1. The van der Waals surface area contributed by atoms with E-state index in [1.807, 2.05) is 18.2 Å². The Labute approximate surface area is 177 Å². The number of aryl methyl sites for hydroxylation is 1. The molecule has 0 spiro atoms. The molecule has 0 aliphatic heterocycles. The molecule has 0 saturated carbocycles. The first-order chi connectivity index (χ1) is 14.2. The van der Waals surface area contributed by atoms with E-state index in [0.717, 1.165) is 29.1 Å². The van der Waals surface area contributed by atoms with Gasteiger partial charge in [0.2, 0.25) is 10.0 Å². The standard InChI is InChI=1S/C22H26N2O5S/c1-23(2)30(27,28)18-13-11-17(12-14-18)22(26)29-15-21(25)24(3)20-10-6-8-16-7-4-5-9-19(16)20/h4-5,7,9,11-14,20H,6,8,10,15H2,1-3H3. The molecule has 2 aromatic carbocycles. The van der Waals surface area contributed by atoms with E-state index in [0.29, 0.717) is 0 Å². The van der Waals surface area contributed by atoms with E-state index in [2.05, 4.69) is 6.07 Å². The molecule has 8 heteroatoms. The number of ether oxygens (including phenoxy) is 1. The van der Waals surface area contributed by atoms with Gasteiger partial charge in [-0.2, -0.15) is 0 Å². The van der Waals surface area contributed by atoms with E-state index in [-0.39, 0.29) is 29.0 Å². The van der Waals surface area contributed by atoms with Gasteiger partial charge in [0.15, 0.2) is 6.61 Å². The number of carbonyl (C=O) groups excluding carboxylic acids is 2. The lowest BCUT2D eigenvalue weighted by Gasteiger charge is -2.33. The number of hydrogen-bond donors (Lipinski definition) is 0. The molecular formula is C22H26N2O5S. The molecular weight excluding hydrogens is 404 g/mol. The molecule has 0 bridgehead atoms. The summed E-state index contributed by atoms with van der Waals surface area (Å²) in [6.07, 6.45) is 2.87. The number of likely N-dealkylation sites (N-methyl/N-ethyl adjacent to an activating group) is 1. The van der Waals surface area contributed by atoms with Crippen LogP contribution in [0.1, 0.15) is 40.4 Å². The van der Waals surface area contributed by atoms with Crippen LogP contribution in [0.4, 0.5) is 0 Å². The zero-order chi connectivity index (χ0) is 21.9. The van der Waals surface area contributed by atoms with Crippen LogP contribution in [0.2, 0.25) is 0 Å². The molecule has 2 aromatic rings. The van der Waals surface area contributed by atoms with Crippen LogP contribution in [0, 0.1) is 0 Å². The van der Waals surface area contributed by atoms with Gasteiger partial charge < -0.3 is 9.64 Å². The molecule has 0 radical (unpaired) electrons. The normalized spacial score (nSPS) is 16.1. The largest absolute Gasteiger partial charge is 0.452 e. The Hall–Kier alpha value is -2.71. The van der Waals surface area contributed by atoms with Crippen LogP contribution in [0.5, 0.6) is 0 Å². The minimum atomic E-state index is -3.57. The fourth-order valence-electron chi connectivity index (χ4n) is 3.59. The third-order valence-corrected chi connectivity index (χ3v) is 7.22. The number of esters is 1. The average Bonchev–Trinajstić information content (AvgIpc) is 2.76. The quantitative estimate of drug-likeness (QED) is 0.658. The lowest BCUT2D eigenvalue weighted by molar-refractivity contribution is -0.135. The summed E-state index contributed by atoms with van der Waals surface area (Å²) in [7, 11) is 1.02. The summed E-state index contributed by atoms with van der Waals surface area (Å²) in [4.78, 5) is 26.6. The third kappa shape index (κ3) is 4.55. The number of benzene rings is 2. The number of amides is 1. The zero-order valence-corrected chi connectivity index (χ0v) is 18.2. The molecule has 0 saturated heterocycles. The number of nitrogens with zero attached hydrogens (tertiary/aromatic N) is 2. The monoisotopic (exact) mass is 430 g/mol. The Bertz CT molecular complexity index is 1030. The highest BCUT2D eigenvalue weighted by atomic mass is 32.2. The summed E-state index contributed by atoms with van der Waals surface area (Å²) in [6, 6.07) is 13.5. The smallest absolute Gasteiger partial charge is 0.338 e. The van der Waals surface area contributed by atoms with Gasteiger partial charge >= 0.3 is 5.97 Å². The summed E-state index contributed by atoms with van der Waals surface area (Å²) in [5.74, 6) is -0.952. The second-order valence-electron chi connectivity index (χ2n) is 7.50. The van der Waals surface area contributed by atoms with Crippen molar-refractivity contribution in [1.82, 2.24) is 9.21 Å². The second-order valence-corrected chi connectivity index (χ2v) is 9.65. The Balaban J connectivity index is 1.62. The van der Waals surface area contributed by atoms with Crippen molar-refractivity contribution >= 4 is 21.9 Å². The summed E-state index contributed by atoms with van der Waals surface area (Å²) in [5.41, 5.74) is 2.58. The molecule has 30 heavy (non-hydrogen) atoms. The van der Waals surface area contributed by atoms with Gasteiger partial charge in [0.05, 0.1) is 16.5 Å². The Morgan fingerprint density at radius 2 is 1.70 bits per heavy atom. The molecule has 160 valence electrons. The van der Waals surface area contributed by atoms with E-state index in [4.69, 9.17) is 4.74 Å². The molecule has 0 heterocycles. The van der Waals surface area contributed by atoms with Crippen LogP contribution in [-0.2, 0) is 26.0 Å². The minimum Gasteiger partial charge on any atom is -0.452 e. The maximum atomic E-state index is 12.6. The second kappa shape index (κ2) is 8.97. The van der Waals surface area contributed by atoms with Crippen molar-refractivity contribution in [3.63, 3.8) is 0 Å². The average molecular weight is 431 g/mol. The van der Waals surface area contributed by atoms with Crippen LogP contribution in [0.3, 0.4) is 0 Å². The maximum Gasteiger partial charge on any atom is 0.338 e. The van der Waals surface area contributed by atoms with Gasteiger partial charge in [-0.15, -0.1) is 0 Å². The Morgan fingerprint density at radius 1 is 1.03 bits per heavy atom. The van der Waals surface area contributed by atoms with Crippen LogP contribution in [0.25, 0.3) is 0 Å². The van der Waals surface area contributed by atoms with Crippen LogP contribution < -0.4 is 0 Å². The van der Waals surface area contributed by atoms with Crippen LogP contribution in [0.15, 0.2) is 53.4 Å². The molecule has 7 nitrogen and oxygen atoms in total. The van der Waals surface area contributed by atoms with Crippen molar-refractivity contribution < 1.29 is 22.7 Å². The molecule has 0 fully saturated rings. The molecule has 0 N–H and O–H groups in total. The van der Waals surface area contributed by atoms with Crippen molar-refractivity contribution in [1.29, 1.82) is 0 Å². The van der Waals surface area contributed by atoms with Gasteiger partial charge in [-0.05, 0) is 54.7 Å². The molecule has 1 atom stereocenters. The van der Waals surface area contributed by atoms with Gasteiger partial charge in [-0.1, -0.05) is 24.3 Å². The van der Waals surface area contributed by atoms with Crippen molar-refractivity contribution in [2.24, 2.45) is 0 Å². The van der Waals surface area contributed by atoms with Crippen molar-refractivity contribution in [3.8, 4) is 0 Å². The molecule has 3 rings (SSSR count). The van der Waals surface area contributed by atoms with Crippen LogP contribution in [-0.4, -0.2) is 57.2 Å².